The molecule has 5 nitrogen and oxygen atoms in total. The number of nitrogens with one attached hydrogen (secondary N) is 2. The Bertz CT molecular complexity index is 515. The lowest BCUT2D eigenvalue weighted by atomic mass is 10.2. The molecule has 0 aromatic heterocycles. The molecule has 0 aliphatic heterocycles. The van der Waals surface area contributed by atoms with Crippen molar-refractivity contribution in [3.8, 4) is 5.75 Å². The first-order valence-electron chi connectivity index (χ1n) is 6.07. The molecule has 1 saturated carbocycles. The summed E-state index contributed by atoms with van der Waals surface area (Å²) >= 11 is 1.97. The fourth-order valence-corrected chi connectivity index (χ4v) is 1.89. The van der Waals surface area contributed by atoms with Crippen molar-refractivity contribution in [1.29, 1.82) is 0 Å². The van der Waals surface area contributed by atoms with Crippen molar-refractivity contribution < 1.29 is 14.7 Å². The smallest absolute Gasteiger partial charge is 0.252 e. The number of phenols is 1. The lowest BCUT2D eigenvalue weighted by molar-refractivity contribution is -0.122. The molecule has 2 rings (SSSR count). The molecule has 0 saturated heterocycles. The number of hydrogen-bond donors (Lipinski definition) is 3. The van der Waals surface area contributed by atoms with Crippen molar-refractivity contribution in [1.82, 2.24) is 10.6 Å². The number of aromatic hydroxyl groups is 1. The summed E-state index contributed by atoms with van der Waals surface area (Å²) in [6.07, 6.45) is 2.02. The zero-order valence-electron chi connectivity index (χ0n) is 10.4. The Morgan fingerprint density at radius 3 is 2.68 bits per heavy atom. The maximum absolute atomic E-state index is 11.9. The van der Waals surface area contributed by atoms with E-state index in [0.717, 1.165) is 12.8 Å². The van der Waals surface area contributed by atoms with E-state index in [1.54, 1.807) is 19.1 Å². The molecule has 102 valence electrons. The number of phenolic OH excluding ortho intramolecular Hbond substituents is 1. The van der Waals surface area contributed by atoms with Crippen LogP contribution in [0.5, 0.6) is 5.75 Å². The summed E-state index contributed by atoms with van der Waals surface area (Å²) in [5.41, 5.74) is 0.337. The monoisotopic (exact) mass is 374 g/mol. The van der Waals surface area contributed by atoms with Gasteiger partial charge in [-0.2, -0.15) is 0 Å². The summed E-state index contributed by atoms with van der Waals surface area (Å²) in [6.45, 7) is 1.64. The average Bonchev–Trinajstić information content (AvgIpc) is 3.16. The van der Waals surface area contributed by atoms with E-state index in [-0.39, 0.29) is 23.6 Å². The van der Waals surface area contributed by atoms with E-state index in [4.69, 9.17) is 0 Å². The van der Waals surface area contributed by atoms with E-state index in [2.05, 4.69) is 10.6 Å². The molecule has 1 aliphatic rings. The predicted molar refractivity (Wildman–Crippen MR) is 78.9 cm³/mol. The second-order valence-electron chi connectivity index (χ2n) is 4.64. The van der Waals surface area contributed by atoms with Gasteiger partial charge in [-0.15, -0.1) is 0 Å². The van der Waals surface area contributed by atoms with Crippen LogP contribution < -0.4 is 10.6 Å². The molecule has 6 heteroatoms. The molecule has 1 fully saturated rings. The van der Waals surface area contributed by atoms with Crippen LogP contribution in [0.4, 0.5) is 0 Å². The van der Waals surface area contributed by atoms with Gasteiger partial charge in [0.05, 0.1) is 3.57 Å². The van der Waals surface area contributed by atoms with Gasteiger partial charge in [0.2, 0.25) is 5.91 Å². The normalized spacial score (nSPS) is 15.7. The van der Waals surface area contributed by atoms with Crippen LogP contribution in [0.25, 0.3) is 0 Å². The van der Waals surface area contributed by atoms with Crippen LogP contribution >= 0.6 is 22.6 Å². The number of benzene rings is 1. The predicted octanol–water partition coefficient (Wildman–Crippen LogP) is 1.39. The van der Waals surface area contributed by atoms with Gasteiger partial charge < -0.3 is 15.7 Å². The molecular formula is C13H15IN2O3. The molecule has 19 heavy (non-hydrogen) atoms. The van der Waals surface area contributed by atoms with E-state index in [1.165, 1.54) is 6.07 Å². The Balaban J connectivity index is 1.95. The maximum atomic E-state index is 11.9. The van der Waals surface area contributed by atoms with E-state index >= 15 is 0 Å². The number of amides is 2. The highest BCUT2D eigenvalue weighted by molar-refractivity contribution is 14.1. The molecule has 1 aromatic carbocycles. The SMILES string of the molecule is CC(NC(=O)c1ccc(I)c(O)c1)C(=O)NC1CC1. The molecule has 2 amide bonds. The quantitative estimate of drug-likeness (QED) is 0.698. The van der Waals surface area contributed by atoms with E-state index in [0.29, 0.717) is 9.13 Å². The summed E-state index contributed by atoms with van der Waals surface area (Å²) < 4.78 is 0.675. The topological polar surface area (TPSA) is 78.4 Å². The van der Waals surface area contributed by atoms with Crippen LogP contribution in [-0.4, -0.2) is 29.0 Å². The van der Waals surface area contributed by atoms with Gasteiger partial charge in [0.15, 0.2) is 0 Å². The van der Waals surface area contributed by atoms with Crippen molar-refractivity contribution in [2.45, 2.75) is 31.8 Å². The lowest BCUT2D eigenvalue weighted by Gasteiger charge is -2.14. The molecule has 0 spiro atoms. The first-order chi connectivity index (χ1) is 8.97. The Morgan fingerprint density at radius 2 is 2.11 bits per heavy atom. The summed E-state index contributed by atoms with van der Waals surface area (Å²) in [5, 5.41) is 15.0. The van der Waals surface area contributed by atoms with Gasteiger partial charge in [0.1, 0.15) is 11.8 Å². The Labute approximate surface area is 124 Å². The summed E-state index contributed by atoms with van der Waals surface area (Å²) in [4.78, 5) is 23.6. The molecule has 1 atom stereocenters. The highest BCUT2D eigenvalue weighted by Crippen LogP contribution is 2.20. The third-order valence-corrected chi connectivity index (χ3v) is 3.79. The molecule has 0 heterocycles. The van der Waals surface area contributed by atoms with E-state index in [1.807, 2.05) is 22.6 Å². The van der Waals surface area contributed by atoms with E-state index in [9.17, 15) is 14.7 Å². The number of halogens is 1. The Morgan fingerprint density at radius 1 is 1.42 bits per heavy atom. The van der Waals surface area contributed by atoms with Crippen molar-refractivity contribution in [2.75, 3.05) is 0 Å². The van der Waals surface area contributed by atoms with Crippen LogP contribution in [0.3, 0.4) is 0 Å². The Hall–Kier alpha value is -1.31. The van der Waals surface area contributed by atoms with Crippen LogP contribution in [0.1, 0.15) is 30.1 Å². The zero-order chi connectivity index (χ0) is 14.0. The fourth-order valence-electron chi connectivity index (χ4n) is 1.55. The van der Waals surface area contributed by atoms with Crippen molar-refractivity contribution >= 4 is 34.4 Å². The molecule has 1 aliphatic carbocycles. The molecule has 1 unspecified atom stereocenters. The van der Waals surface area contributed by atoms with Gasteiger partial charge in [-0.3, -0.25) is 9.59 Å². The Kier molecular flexibility index (Phi) is 4.28. The average molecular weight is 374 g/mol. The molecule has 1 aromatic rings. The summed E-state index contributed by atoms with van der Waals surface area (Å²) in [7, 11) is 0. The van der Waals surface area contributed by atoms with Crippen molar-refractivity contribution in [2.24, 2.45) is 0 Å². The molecule has 0 radical (unpaired) electrons. The third kappa shape index (κ3) is 3.82. The minimum atomic E-state index is -0.588. The minimum absolute atomic E-state index is 0.0586. The maximum Gasteiger partial charge on any atom is 0.252 e. The van der Waals surface area contributed by atoms with Crippen LogP contribution in [-0.2, 0) is 4.79 Å². The summed E-state index contributed by atoms with van der Waals surface area (Å²) in [5.74, 6) is -0.487. The number of carbonyl (C=O) groups is 2. The van der Waals surface area contributed by atoms with Crippen LogP contribution in [0, 0.1) is 3.57 Å². The number of carbonyl (C=O) groups excluding carboxylic acids is 2. The van der Waals surface area contributed by atoms with Gasteiger partial charge in [-0.1, -0.05) is 0 Å². The van der Waals surface area contributed by atoms with E-state index < -0.39 is 6.04 Å². The molecule has 3 N–H and O–H groups in total. The first-order valence-corrected chi connectivity index (χ1v) is 7.15. The number of rotatable bonds is 4. The van der Waals surface area contributed by atoms with Crippen LogP contribution in [0.15, 0.2) is 18.2 Å². The van der Waals surface area contributed by atoms with Crippen molar-refractivity contribution in [3.05, 3.63) is 27.3 Å². The van der Waals surface area contributed by atoms with Gasteiger partial charge in [-0.25, -0.2) is 0 Å². The first kappa shape index (κ1) is 14.1. The van der Waals surface area contributed by atoms with Gasteiger partial charge >= 0.3 is 0 Å². The molecule has 0 bridgehead atoms. The molecular weight excluding hydrogens is 359 g/mol. The van der Waals surface area contributed by atoms with Crippen LogP contribution in [0.2, 0.25) is 0 Å². The second kappa shape index (κ2) is 5.77. The standard InChI is InChI=1S/C13H15IN2O3/c1-7(12(18)16-9-3-4-9)15-13(19)8-2-5-10(14)11(17)6-8/h2,5-7,9,17H,3-4H2,1H3,(H,15,19)(H,16,18). The highest BCUT2D eigenvalue weighted by atomic mass is 127. The zero-order valence-corrected chi connectivity index (χ0v) is 12.6. The van der Waals surface area contributed by atoms with Gasteiger partial charge in [0, 0.05) is 11.6 Å². The minimum Gasteiger partial charge on any atom is -0.507 e. The third-order valence-electron chi connectivity index (χ3n) is 2.87. The van der Waals surface area contributed by atoms with Crippen molar-refractivity contribution in [3.63, 3.8) is 0 Å². The summed E-state index contributed by atoms with van der Waals surface area (Å²) in [6, 6.07) is 4.34. The largest absolute Gasteiger partial charge is 0.507 e. The second-order valence-corrected chi connectivity index (χ2v) is 5.81. The highest BCUT2D eigenvalue weighted by Gasteiger charge is 2.26. The lowest BCUT2D eigenvalue weighted by Crippen LogP contribution is -2.45. The number of hydrogen-bond acceptors (Lipinski definition) is 3. The van der Waals surface area contributed by atoms with Gasteiger partial charge in [-0.05, 0) is 60.6 Å². The van der Waals surface area contributed by atoms with Gasteiger partial charge in [0.25, 0.3) is 5.91 Å². The fraction of sp³-hybridized carbons (Fsp3) is 0.385.